The molecule has 0 spiro atoms. The Labute approximate surface area is 116 Å². The van der Waals surface area contributed by atoms with Gasteiger partial charge in [-0.2, -0.15) is 0 Å². The van der Waals surface area contributed by atoms with Crippen LogP contribution in [0.15, 0.2) is 24.4 Å². The molecule has 3 rings (SSSR count). The largest absolute Gasteiger partial charge is 0.388 e. The summed E-state index contributed by atoms with van der Waals surface area (Å²) in [6, 6.07) is 6.38. The zero-order valence-electron chi connectivity index (χ0n) is 10.3. The predicted molar refractivity (Wildman–Crippen MR) is 75.5 cm³/mol. The Morgan fingerprint density at radius 3 is 3.00 bits per heavy atom. The number of rotatable bonds is 2. The van der Waals surface area contributed by atoms with Gasteiger partial charge in [-0.05, 0) is 44.4 Å². The van der Waals surface area contributed by atoms with Crippen LogP contribution >= 0.6 is 22.9 Å². The van der Waals surface area contributed by atoms with Crippen LogP contribution in [0.2, 0.25) is 4.34 Å². The van der Waals surface area contributed by atoms with Crippen molar-refractivity contribution in [3.63, 3.8) is 0 Å². The van der Waals surface area contributed by atoms with E-state index >= 15 is 0 Å². The Hall–Kier alpha value is -0.770. The fourth-order valence-corrected chi connectivity index (χ4v) is 3.86. The molecule has 2 nitrogen and oxygen atoms in total. The summed E-state index contributed by atoms with van der Waals surface area (Å²) in [6.07, 6.45) is 4.82. The molecule has 2 unspecified atom stereocenters. The summed E-state index contributed by atoms with van der Waals surface area (Å²) in [6.45, 7) is 2.18. The summed E-state index contributed by atoms with van der Waals surface area (Å²) < 4.78 is 3.11. The lowest BCUT2D eigenvalue weighted by atomic mass is 9.95. The monoisotopic (exact) mass is 281 g/mol. The molecule has 0 saturated heterocycles. The molecule has 0 aliphatic heterocycles. The van der Waals surface area contributed by atoms with E-state index < -0.39 is 0 Å². The maximum atomic E-state index is 10.00. The number of aromatic nitrogens is 1. The van der Waals surface area contributed by atoms with Gasteiger partial charge >= 0.3 is 0 Å². The molecular weight excluding hydrogens is 266 g/mol. The zero-order valence-corrected chi connectivity index (χ0v) is 11.8. The molecule has 18 heavy (non-hydrogen) atoms. The number of aliphatic hydroxyl groups is 1. The molecule has 4 heteroatoms. The lowest BCUT2D eigenvalue weighted by Crippen LogP contribution is -2.14. The van der Waals surface area contributed by atoms with Crippen molar-refractivity contribution < 1.29 is 5.11 Å². The lowest BCUT2D eigenvalue weighted by Gasteiger charge is -2.23. The van der Waals surface area contributed by atoms with Gasteiger partial charge in [-0.3, -0.25) is 0 Å². The predicted octanol–water partition coefficient (Wildman–Crippen LogP) is 4.18. The zero-order chi connectivity index (χ0) is 12.7. The van der Waals surface area contributed by atoms with Crippen molar-refractivity contribution in [2.75, 3.05) is 0 Å². The van der Waals surface area contributed by atoms with Crippen LogP contribution in [0.5, 0.6) is 0 Å². The number of halogens is 1. The molecule has 0 amide bonds. The van der Waals surface area contributed by atoms with Gasteiger partial charge in [-0.1, -0.05) is 11.6 Å². The second kappa shape index (κ2) is 4.72. The minimum absolute atomic E-state index is 0.283. The Kier molecular flexibility index (Phi) is 3.22. The summed E-state index contributed by atoms with van der Waals surface area (Å²) in [5.41, 5.74) is 2.39. The van der Waals surface area contributed by atoms with Gasteiger partial charge < -0.3 is 9.67 Å². The van der Waals surface area contributed by atoms with Crippen LogP contribution in [-0.4, -0.2) is 9.67 Å². The average molecular weight is 282 g/mol. The highest BCUT2D eigenvalue weighted by atomic mass is 35.5. The number of thiophene rings is 1. The van der Waals surface area contributed by atoms with E-state index in [1.54, 1.807) is 11.3 Å². The quantitative estimate of drug-likeness (QED) is 0.878. The third kappa shape index (κ3) is 2.00. The maximum absolute atomic E-state index is 10.00. The third-order valence-corrected chi connectivity index (χ3v) is 5.13. The van der Waals surface area contributed by atoms with Gasteiger partial charge in [-0.15, -0.1) is 11.3 Å². The van der Waals surface area contributed by atoms with Crippen molar-refractivity contribution in [1.82, 2.24) is 4.57 Å². The molecule has 0 aromatic carbocycles. The Balaban J connectivity index is 1.97. The highest BCUT2D eigenvalue weighted by Gasteiger charge is 2.23. The number of hydrogen-bond donors (Lipinski definition) is 1. The fraction of sp³-hybridized carbons (Fsp3) is 0.429. The second-order valence-electron chi connectivity index (χ2n) is 4.85. The van der Waals surface area contributed by atoms with E-state index in [0.717, 1.165) is 29.2 Å². The first-order valence-corrected chi connectivity index (χ1v) is 7.49. The van der Waals surface area contributed by atoms with Gasteiger partial charge in [0.2, 0.25) is 0 Å². The third-order valence-electron chi connectivity index (χ3n) is 3.73. The normalized spacial score (nSPS) is 20.7. The molecular formula is C14H16ClNOS. The van der Waals surface area contributed by atoms with Crippen LogP contribution in [-0.2, 0) is 6.42 Å². The van der Waals surface area contributed by atoms with E-state index in [1.165, 1.54) is 10.6 Å². The number of fused-ring (bicyclic) bond motifs is 1. The van der Waals surface area contributed by atoms with Crippen LogP contribution in [0.3, 0.4) is 0 Å². The van der Waals surface area contributed by atoms with Gasteiger partial charge in [0.25, 0.3) is 0 Å². The van der Waals surface area contributed by atoms with E-state index in [-0.39, 0.29) is 12.1 Å². The SMILES string of the molecule is CC(c1ccc(Cl)s1)n1ccc2c1CCCC2O. The average Bonchev–Trinajstić information content (AvgIpc) is 2.95. The van der Waals surface area contributed by atoms with Gasteiger partial charge in [0.05, 0.1) is 16.5 Å². The van der Waals surface area contributed by atoms with Crippen molar-refractivity contribution in [3.8, 4) is 0 Å². The van der Waals surface area contributed by atoms with E-state index in [0.29, 0.717) is 0 Å². The van der Waals surface area contributed by atoms with Crippen LogP contribution in [0.1, 0.15) is 48.0 Å². The van der Waals surface area contributed by atoms with E-state index in [2.05, 4.69) is 29.8 Å². The number of hydrogen-bond acceptors (Lipinski definition) is 2. The summed E-state index contributed by atoms with van der Waals surface area (Å²) >= 11 is 7.63. The molecule has 1 N–H and O–H groups in total. The van der Waals surface area contributed by atoms with Crippen LogP contribution in [0, 0.1) is 0 Å². The van der Waals surface area contributed by atoms with Crippen molar-refractivity contribution in [1.29, 1.82) is 0 Å². The smallest absolute Gasteiger partial charge is 0.0932 e. The van der Waals surface area contributed by atoms with Crippen LogP contribution < -0.4 is 0 Å². The topological polar surface area (TPSA) is 25.2 Å². The molecule has 96 valence electrons. The maximum Gasteiger partial charge on any atom is 0.0932 e. The Bertz CT molecular complexity index is 560. The second-order valence-corrected chi connectivity index (χ2v) is 6.60. The van der Waals surface area contributed by atoms with Gasteiger partial charge in [0.1, 0.15) is 0 Å². The molecule has 0 fully saturated rings. The first-order valence-electron chi connectivity index (χ1n) is 6.29. The summed E-state index contributed by atoms with van der Waals surface area (Å²) in [5.74, 6) is 0. The van der Waals surface area contributed by atoms with Gasteiger partial charge in [-0.25, -0.2) is 0 Å². The van der Waals surface area contributed by atoms with E-state index in [9.17, 15) is 5.11 Å². The summed E-state index contributed by atoms with van der Waals surface area (Å²) in [7, 11) is 0. The highest BCUT2D eigenvalue weighted by molar-refractivity contribution is 7.16. The Morgan fingerprint density at radius 2 is 2.28 bits per heavy atom. The Morgan fingerprint density at radius 1 is 1.44 bits per heavy atom. The molecule has 1 aliphatic carbocycles. The molecule has 0 bridgehead atoms. The van der Waals surface area contributed by atoms with Gasteiger partial charge in [0, 0.05) is 22.3 Å². The van der Waals surface area contributed by atoms with Crippen molar-refractivity contribution >= 4 is 22.9 Å². The minimum Gasteiger partial charge on any atom is -0.388 e. The molecule has 2 heterocycles. The number of aliphatic hydroxyl groups excluding tert-OH is 1. The van der Waals surface area contributed by atoms with E-state index in [1.807, 2.05) is 6.07 Å². The van der Waals surface area contributed by atoms with Crippen LogP contribution in [0.4, 0.5) is 0 Å². The number of nitrogens with zero attached hydrogens (tertiary/aromatic N) is 1. The minimum atomic E-state index is -0.283. The molecule has 0 saturated carbocycles. The van der Waals surface area contributed by atoms with E-state index in [4.69, 9.17) is 11.6 Å². The standard InChI is InChI=1S/C14H16ClNOS/c1-9(13-5-6-14(15)18-13)16-8-7-10-11(16)3-2-4-12(10)17/h5-9,12,17H,2-4H2,1H3. The van der Waals surface area contributed by atoms with Crippen molar-refractivity contribution in [3.05, 3.63) is 44.9 Å². The first-order chi connectivity index (χ1) is 8.66. The summed E-state index contributed by atoms with van der Waals surface area (Å²) in [4.78, 5) is 1.26. The van der Waals surface area contributed by atoms with Crippen LogP contribution in [0.25, 0.3) is 0 Å². The highest BCUT2D eigenvalue weighted by Crippen LogP contribution is 2.35. The molecule has 0 radical (unpaired) electrons. The lowest BCUT2D eigenvalue weighted by molar-refractivity contribution is 0.155. The molecule has 2 aromatic heterocycles. The molecule has 2 atom stereocenters. The first kappa shape index (κ1) is 12.3. The molecule has 2 aromatic rings. The van der Waals surface area contributed by atoms with Gasteiger partial charge in [0.15, 0.2) is 0 Å². The van der Waals surface area contributed by atoms with Crippen molar-refractivity contribution in [2.45, 2.75) is 38.3 Å². The molecule has 1 aliphatic rings. The summed E-state index contributed by atoms with van der Waals surface area (Å²) in [5, 5.41) is 10.00. The fourth-order valence-electron chi connectivity index (χ4n) is 2.74. The van der Waals surface area contributed by atoms with Crippen molar-refractivity contribution in [2.24, 2.45) is 0 Å².